The molecular weight excluding hydrogens is 397 g/mol. The maximum absolute atomic E-state index is 12.3. The first-order valence-electron chi connectivity index (χ1n) is 8.43. The summed E-state index contributed by atoms with van der Waals surface area (Å²) in [5.74, 6) is -0.140. The molecule has 1 fully saturated rings. The standard InChI is InChI=1S/C18H15F3N2O6/c19-18(20,21)29-13-6-4-12(5-7-13)28-16-8-3-11(23(26)27)10-14(16)15-2-1-9-22(15)17(24)25/h3-8,10,15H,1-2,9H2,(H,24,25)/p-1. The minimum absolute atomic E-state index is 0.146. The SMILES string of the molecule is O=C([O-])N1CCCC1c1cc([N+](=O)[O-])ccc1Oc1ccc(OC(F)(F)F)cc1. The highest BCUT2D eigenvalue weighted by Crippen LogP contribution is 2.40. The molecule has 0 aliphatic carbocycles. The Labute approximate surface area is 162 Å². The summed E-state index contributed by atoms with van der Waals surface area (Å²) in [4.78, 5) is 22.9. The summed E-state index contributed by atoms with van der Waals surface area (Å²) in [7, 11) is 0. The van der Waals surface area contributed by atoms with Crippen molar-refractivity contribution in [2.75, 3.05) is 6.54 Å². The van der Waals surface area contributed by atoms with Gasteiger partial charge in [0.2, 0.25) is 0 Å². The number of likely N-dealkylation sites (tertiary alicyclic amines) is 1. The summed E-state index contributed by atoms with van der Waals surface area (Å²) in [6.45, 7) is 0.221. The molecule has 1 unspecified atom stereocenters. The van der Waals surface area contributed by atoms with Crippen LogP contribution in [0.4, 0.5) is 23.7 Å². The number of alkyl halides is 3. The van der Waals surface area contributed by atoms with E-state index in [1.54, 1.807) is 0 Å². The van der Waals surface area contributed by atoms with Gasteiger partial charge in [-0.05, 0) is 43.2 Å². The van der Waals surface area contributed by atoms with Crippen LogP contribution in [0.1, 0.15) is 24.4 Å². The second kappa shape index (κ2) is 7.86. The molecule has 3 rings (SSSR count). The van der Waals surface area contributed by atoms with E-state index in [1.807, 2.05) is 0 Å². The van der Waals surface area contributed by atoms with E-state index in [2.05, 4.69) is 4.74 Å². The minimum atomic E-state index is -4.83. The third kappa shape index (κ3) is 4.86. The molecule has 0 saturated carbocycles. The van der Waals surface area contributed by atoms with Gasteiger partial charge in [0.05, 0.1) is 11.0 Å². The van der Waals surface area contributed by atoms with Crippen LogP contribution in [-0.2, 0) is 0 Å². The molecule has 1 saturated heterocycles. The Kier molecular flexibility index (Phi) is 5.48. The number of hydrogen-bond donors (Lipinski definition) is 0. The van der Waals surface area contributed by atoms with Gasteiger partial charge in [-0.3, -0.25) is 10.1 Å². The van der Waals surface area contributed by atoms with Crippen LogP contribution < -0.4 is 14.6 Å². The lowest BCUT2D eigenvalue weighted by Crippen LogP contribution is -2.40. The molecule has 2 aromatic rings. The maximum Gasteiger partial charge on any atom is 0.573 e. The fraction of sp³-hybridized carbons (Fsp3) is 0.278. The first-order valence-corrected chi connectivity index (χ1v) is 8.43. The van der Waals surface area contributed by atoms with Gasteiger partial charge in [0.1, 0.15) is 23.3 Å². The molecule has 1 atom stereocenters. The Balaban J connectivity index is 1.90. The van der Waals surface area contributed by atoms with Gasteiger partial charge in [0, 0.05) is 24.2 Å². The number of carboxylic acid groups (broad SMARTS) is 1. The molecule has 0 radical (unpaired) electrons. The van der Waals surface area contributed by atoms with Gasteiger partial charge in [-0.1, -0.05) is 0 Å². The van der Waals surface area contributed by atoms with Crippen molar-refractivity contribution >= 4 is 11.8 Å². The summed E-state index contributed by atoms with van der Waals surface area (Å²) in [6, 6.07) is 7.62. The van der Waals surface area contributed by atoms with Crippen LogP contribution in [0, 0.1) is 10.1 Å². The molecule has 0 spiro atoms. The maximum atomic E-state index is 12.3. The normalized spacial score (nSPS) is 16.5. The van der Waals surface area contributed by atoms with Crippen LogP contribution >= 0.6 is 0 Å². The first-order chi connectivity index (χ1) is 13.6. The Morgan fingerprint density at radius 1 is 1.14 bits per heavy atom. The predicted octanol–water partition coefficient (Wildman–Crippen LogP) is 3.77. The van der Waals surface area contributed by atoms with Crippen LogP contribution in [0.5, 0.6) is 17.2 Å². The minimum Gasteiger partial charge on any atom is -0.530 e. The van der Waals surface area contributed by atoms with E-state index in [0.717, 1.165) is 17.0 Å². The van der Waals surface area contributed by atoms with Crippen molar-refractivity contribution in [3.63, 3.8) is 0 Å². The van der Waals surface area contributed by atoms with Crippen molar-refractivity contribution in [1.82, 2.24) is 4.90 Å². The van der Waals surface area contributed by atoms with Crippen LogP contribution in [0.3, 0.4) is 0 Å². The van der Waals surface area contributed by atoms with Crippen molar-refractivity contribution in [1.29, 1.82) is 0 Å². The third-order valence-corrected chi connectivity index (χ3v) is 4.34. The van der Waals surface area contributed by atoms with Crippen molar-refractivity contribution in [2.24, 2.45) is 0 Å². The third-order valence-electron chi connectivity index (χ3n) is 4.34. The van der Waals surface area contributed by atoms with E-state index in [4.69, 9.17) is 4.74 Å². The largest absolute Gasteiger partial charge is 0.573 e. The Hall–Kier alpha value is -3.50. The number of halogens is 3. The summed E-state index contributed by atoms with van der Waals surface area (Å²) in [6.07, 6.45) is -5.27. The number of nitrogens with zero attached hydrogens (tertiary/aromatic N) is 2. The monoisotopic (exact) mass is 411 g/mol. The van der Waals surface area contributed by atoms with Crippen molar-refractivity contribution < 1.29 is 37.5 Å². The number of non-ortho nitro benzene ring substituents is 1. The van der Waals surface area contributed by atoms with E-state index in [1.165, 1.54) is 30.3 Å². The van der Waals surface area contributed by atoms with E-state index in [0.29, 0.717) is 12.8 Å². The Morgan fingerprint density at radius 3 is 2.38 bits per heavy atom. The molecule has 154 valence electrons. The molecule has 0 bridgehead atoms. The lowest BCUT2D eigenvalue weighted by atomic mass is 10.0. The van der Waals surface area contributed by atoms with Crippen molar-refractivity contribution in [3.8, 4) is 17.2 Å². The summed E-state index contributed by atoms with van der Waals surface area (Å²) >= 11 is 0. The number of carbonyl (C=O) groups is 1. The van der Waals surface area contributed by atoms with Gasteiger partial charge in [0.15, 0.2) is 0 Å². The van der Waals surface area contributed by atoms with Gasteiger partial charge in [-0.15, -0.1) is 13.2 Å². The summed E-state index contributed by atoms with van der Waals surface area (Å²) in [5.41, 5.74) is 0.0305. The Bertz CT molecular complexity index is 917. The number of carbonyl (C=O) groups excluding carboxylic acids is 1. The number of nitro groups is 1. The second-order valence-corrected chi connectivity index (χ2v) is 6.22. The molecule has 0 aromatic heterocycles. The molecule has 29 heavy (non-hydrogen) atoms. The molecule has 11 heteroatoms. The van der Waals surface area contributed by atoms with Gasteiger partial charge in [-0.25, -0.2) is 0 Å². The topological polar surface area (TPSA) is 105 Å². The fourth-order valence-corrected chi connectivity index (χ4v) is 3.15. The predicted molar refractivity (Wildman–Crippen MR) is 90.4 cm³/mol. The van der Waals surface area contributed by atoms with Crippen molar-refractivity contribution in [3.05, 3.63) is 58.1 Å². The average Bonchev–Trinajstić information content (AvgIpc) is 3.12. The smallest absolute Gasteiger partial charge is 0.530 e. The average molecular weight is 411 g/mol. The number of nitro benzene ring substituents is 1. The fourth-order valence-electron chi connectivity index (χ4n) is 3.15. The molecule has 8 nitrogen and oxygen atoms in total. The van der Waals surface area contributed by atoms with Crippen LogP contribution in [0.2, 0.25) is 0 Å². The molecule has 1 amide bonds. The van der Waals surface area contributed by atoms with Gasteiger partial charge < -0.3 is 24.3 Å². The highest BCUT2D eigenvalue weighted by molar-refractivity contribution is 5.64. The molecule has 1 heterocycles. The zero-order chi connectivity index (χ0) is 21.2. The van der Waals surface area contributed by atoms with E-state index < -0.39 is 29.2 Å². The molecule has 1 aliphatic heterocycles. The van der Waals surface area contributed by atoms with E-state index in [-0.39, 0.29) is 29.3 Å². The lowest BCUT2D eigenvalue weighted by Gasteiger charge is -2.28. The number of rotatable bonds is 5. The van der Waals surface area contributed by atoms with Crippen LogP contribution in [0.15, 0.2) is 42.5 Å². The number of hydrogen-bond acceptors (Lipinski definition) is 6. The van der Waals surface area contributed by atoms with Crippen molar-refractivity contribution in [2.45, 2.75) is 25.2 Å². The van der Waals surface area contributed by atoms with Gasteiger partial charge in [-0.2, -0.15) is 0 Å². The zero-order valence-corrected chi connectivity index (χ0v) is 14.7. The number of benzene rings is 2. The molecule has 2 aromatic carbocycles. The quantitative estimate of drug-likeness (QED) is 0.548. The van der Waals surface area contributed by atoms with Crippen LogP contribution in [0.25, 0.3) is 0 Å². The lowest BCUT2D eigenvalue weighted by molar-refractivity contribution is -0.385. The number of ether oxygens (including phenoxy) is 2. The molecule has 1 aliphatic rings. The van der Waals surface area contributed by atoms with Gasteiger partial charge >= 0.3 is 6.36 Å². The first kappa shape index (κ1) is 20.2. The molecule has 0 N–H and O–H groups in total. The van der Waals surface area contributed by atoms with E-state index in [9.17, 15) is 33.2 Å². The van der Waals surface area contributed by atoms with Crippen LogP contribution in [-0.4, -0.2) is 28.8 Å². The highest BCUT2D eigenvalue weighted by atomic mass is 19.4. The molecular formula is C18H14F3N2O6-. The zero-order valence-electron chi connectivity index (χ0n) is 14.7. The highest BCUT2D eigenvalue weighted by Gasteiger charge is 2.31. The number of amides is 1. The second-order valence-electron chi connectivity index (χ2n) is 6.22. The summed E-state index contributed by atoms with van der Waals surface area (Å²) in [5, 5.41) is 22.5. The Morgan fingerprint density at radius 2 is 1.79 bits per heavy atom. The van der Waals surface area contributed by atoms with E-state index >= 15 is 0 Å². The van der Waals surface area contributed by atoms with Gasteiger partial charge in [0.25, 0.3) is 5.69 Å². The summed E-state index contributed by atoms with van der Waals surface area (Å²) < 4.78 is 46.2.